The molecule has 0 spiro atoms. The van der Waals surface area contributed by atoms with E-state index in [1.54, 1.807) is 37.2 Å². The van der Waals surface area contributed by atoms with Crippen LogP contribution in [0, 0.1) is 11.6 Å². The molecular weight excluding hydrogens is 683 g/mol. The summed E-state index contributed by atoms with van der Waals surface area (Å²) in [4.78, 5) is 18.7. The number of anilines is 2. The molecule has 0 aliphatic carbocycles. The van der Waals surface area contributed by atoms with Crippen LogP contribution in [0.25, 0.3) is 22.4 Å². The largest absolute Gasteiger partial charge is 0.530 e. The summed E-state index contributed by atoms with van der Waals surface area (Å²) in [5.74, 6) is -2.51. The first-order valence-electron chi connectivity index (χ1n) is 16.2. The van der Waals surface area contributed by atoms with Gasteiger partial charge in [-0.05, 0) is 57.2 Å². The monoisotopic (exact) mass is 724 g/mol. The molecule has 3 aromatic heterocycles. The quantitative estimate of drug-likeness (QED) is 0.105. The van der Waals surface area contributed by atoms with Gasteiger partial charge in [0.1, 0.15) is 23.8 Å². The summed E-state index contributed by atoms with van der Waals surface area (Å²) in [5.41, 5.74) is 12.1. The summed E-state index contributed by atoms with van der Waals surface area (Å²) >= 11 is 0. The lowest BCUT2D eigenvalue weighted by molar-refractivity contribution is -0.0529. The molecule has 18 heteroatoms. The lowest BCUT2D eigenvalue weighted by Crippen LogP contribution is -2.63. The van der Waals surface area contributed by atoms with Crippen molar-refractivity contribution in [3.63, 3.8) is 0 Å². The third kappa shape index (κ3) is 8.02. The maximum absolute atomic E-state index is 15.8. The van der Waals surface area contributed by atoms with Crippen LogP contribution >= 0.6 is 7.82 Å². The van der Waals surface area contributed by atoms with Crippen LogP contribution < -0.4 is 20.9 Å². The molecule has 272 valence electrons. The third-order valence-corrected chi connectivity index (χ3v) is 10.4. The molecule has 5 rings (SSSR count). The van der Waals surface area contributed by atoms with E-state index in [1.165, 1.54) is 24.9 Å². The number of hydrogen-bond acceptors (Lipinski definition) is 12. The van der Waals surface area contributed by atoms with Crippen LogP contribution in [-0.4, -0.2) is 73.0 Å². The lowest BCUT2D eigenvalue weighted by Gasteiger charge is -2.44. The highest BCUT2D eigenvalue weighted by Gasteiger charge is 2.43. The molecular formula is C32H41F4N8O5P. The van der Waals surface area contributed by atoms with Crippen LogP contribution in [0.2, 0.25) is 0 Å². The number of halogens is 4. The zero-order chi connectivity index (χ0) is 36.4. The highest BCUT2D eigenvalue weighted by Crippen LogP contribution is 2.53. The number of fused-ring (bicyclic) bond motifs is 1. The van der Waals surface area contributed by atoms with Gasteiger partial charge in [-0.25, -0.2) is 37.1 Å². The molecule has 2 unspecified atom stereocenters. The number of nitrogens with zero attached hydrogens (tertiary/aromatic N) is 6. The Morgan fingerprint density at radius 3 is 2.40 bits per heavy atom. The van der Waals surface area contributed by atoms with Gasteiger partial charge < -0.3 is 30.6 Å². The number of pyridine rings is 1. The molecule has 4 heterocycles. The van der Waals surface area contributed by atoms with Gasteiger partial charge in [-0.15, -0.1) is 0 Å². The number of nitrogens with two attached hydrogens (primary N) is 2. The summed E-state index contributed by atoms with van der Waals surface area (Å²) < 4.78 is 90.1. The van der Waals surface area contributed by atoms with Crippen molar-refractivity contribution in [1.29, 1.82) is 0 Å². The second-order valence-corrected chi connectivity index (χ2v) is 14.0. The molecule has 0 saturated carbocycles. The van der Waals surface area contributed by atoms with Gasteiger partial charge in [0.25, 0.3) is 6.43 Å². The fraction of sp³-hybridized carbons (Fsp3) is 0.500. The summed E-state index contributed by atoms with van der Waals surface area (Å²) in [6.45, 7) is 7.23. The molecule has 4 atom stereocenters. The van der Waals surface area contributed by atoms with E-state index in [0.717, 1.165) is 12.1 Å². The summed E-state index contributed by atoms with van der Waals surface area (Å²) in [6, 6.07) is 3.12. The molecule has 1 fully saturated rings. The number of phosphoric ester groups is 1. The predicted molar refractivity (Wildman–Crippen MR) is 179 cm³/mol. The van der Waals surface area contributed by atoms with Gasteiger partial charge in [-0.1, -0.05) is 13.8 Å². The van der Waals surface area contributed by atoms with Crippen LogP contribution in [0.4, 0.5) is 29.1 Å². The predicted octanol–water partition coefficient (Wildman–Crippen LogP) is 5.84. The molecule has 1 aliphatic heterocycles. The third-order valence-electron chi connectivity index (χ3n) is 8.74. The number of phosphoric acid groups is 1. The fourth-order valence-corrected chi connectivity index (χ4v) is 7.33. The Bertz CT molecular complexity index is 1850. The van der Waals surface area contributed by atoms with Crippen molar-refractivity contribution in [3.8, 4) is 17.0 Å². The van der Waals surface area contributed by atoms with Crippen molar-refractivity contribution in [2.75, 3.05) is 23.7 Å². The zero-order valence-electron chi connectivity index (χ0n) is 28.1. The van der Waals surface area contributed by atoms with E-state index in [2.05, 4.69) is 19.9 Å². The van der Waals surface area contributed by atoms with E-state index in [9.17, 15) is 18.5 Å². The molecule has 13 nitrogen and oxygen atoms in total. The second-order valence-electron chi connectivity index (χ2n) is 12.5. The molecule has 5 N–H and O–H groups in total. The molecule has 0 amide bonds. The van der Waals surface area contributed by atoms with Crippen LogP contribution in [0.5, 0.6) is 5.75 Å². The topological polar surface area (TPSA) is 177 Å². The van der Waals surface area contributed by atoms with E-state index < -0.39 is 55.5 Å². The number of alkyl halides is 2. The van der Waals surface area contributed by atoms with Crippen molar-refractivity contribution in [3.05, 3.63) is 54.2 Å². The molecule has 0 bridgehead atoms. The number of imidazole rings is 1. The smallest absolute Gasteiger partial charge is 0.401 e. The van der Waals surface area contributed by atoms with E-state index in [1.807, 2.05) is 0 Å². The van der Waals surface area contributed by atoms with Crippen molar-refractivity contribution >= 4 is 30.5 Å². The zero-order valence-corrected chi connectivity index (χ0v) is 29.0. The van der Waals surface area contributed by atoms with Crippen LogP contribution in [0.1, 0.15) is 58.9 Å². The highest BCUT2D eigenvalue weighted by molar-refractivity contribution is 7.49. The van der Waals surface area contributed by atoms with E-state index in [4.69, 9.17) is 25.0 Å². The molecule has 50 heavy (non-hydrogen) atoms. The van der Waals surface area contributed by atoms with Gasteiger partial charge in [0.05, 0.1) is 48.2 Å². The Morgan fingerprint density at radius 2 is 1.74 bits per heavy atom. The maximum Gasteiger partial charge on any atom is 0.530 e. The van der Waals surface area contributed by atoms with Gasteiger partial charge >= 0.3 is 7.82 Å². The van der Waals surface area contributed by atoms with E-state index in [0.29, 0.717) is 48.2 Å². The minimum atomic E-state index is -4.36. The Kier molecular flexibility index (Phi) is 11.3. The minimum Gasteiger partial charge on any atom is -0.401 e. The van der Waals surface area contributed by atoms with Gasteiger partial charge in [0.15, 0.2) is 23.0 Å². The molecule has 1 saturated heterocycles. The van der Waals surface area contributed by atoms with Crippen LogP contribution in [0.15, 0.2) is 37.1 Å². The Balaban J connectivity index is 1.54. The number of piperidine rings is 1. The number of nitrogen functional groups attached to an aromatic ring is 1. The molecule has 1 aromatic carbocycles. The number of aliphatic hydroxyl groups excluding tert-OH is 1. The Hall–Kier alpha value is -3.89. The minimum absolute atomic E-state index is 0.0174. The summed E-state index contributed by atoms with van der Waals surface area (Å²) in [6.07, 6.45) is -0.598. The average Bonchev–Trinajstić information content (AvgIpc) is 3.49. The number of hydrogen-bond donors (Lipinski definition) is 3. The average molecular weight is 725 g/mol. The molecule has 1 aliphatic rings. The van der Waals surface area contributed by atoms with Gasteiger partial charge in [0, 0.05) is 24.7 Å². The SMILES string of the molecule is CCC(C)OP(=O)(Oc1cc(F)c(-c2cc(Cn3cnc4c(N)ncnc43)c(N3CCC[C@](N)([C@H](O)C(F)F)C3)cn2)cc1F)OC(C)CC. The standard InChI is InChI=1S/C32H41F4N8O5P/c1-5-18(3)47-50(46,48-19(4)6-2)49-26-12-22(33)21(11-23(26)34)24-10-20(14-44-17-42-27-30(37)40-16-41-31(27)44)25(13-39-24)43-9-7-8-32(38,15-43)28(45)29(35)36/h10-13,16-19,28-29,45H,5-9,14-15,38H2,1-4H3,(H2,37,40,41)/t18?,19?,28-,32-,50?/m1/s1. The van der Waals surface area contributed by atoms with Crippen molar-refractivity contribution in [2.24, 2.45) is 5.73 Å². The number of benzene rings is 1. The Morgan fingerprint density at radius 1 is 1.04 bits per heavy atom. The van der Waals surface area contributed by atoms with Gasteiger partial charge in [-0.3, -0.25) is 14.0 Å². The van der Waals surface area contributed by atoms with Crippen LogP contribution in [0.3, 0.4) is 0 Å². The van der Waals surface area contributed by atoms with E-state index >= 15 is 8.78 Å². The lowest BCUT2D eigenvalue weighted by atomic mass is 9.84. The maximum atomic E-state index is 15.8. The van der Waals surface area contributed by atoms with E-state index in [-0.39, 0.29) is 36.6 Å². The summed E-state index contributed by atoms with van der Waals surface area (Å²) in [7, 11) is -4.36. The first-order chi connectivity index (χ1) is 23.7. The highest BCUT2D eigenvalue weighted by atomic mass is 31.2. The fourth-order valence-electron chi connectivity index (χ4n) is 5.63. The van der Waals surface area contributed by atoms with Gasteiger partial charge in [0.2, 0.25) is 0 Å². The first kappa shape index (κ1) is 37.4. The van der Waals surface area contributed by atoms with Crippen molar-refractivity contribution < 1.29 is 40.8 Å². The number of rotatable bonds is 14. The molecule has 4 aromatic rings. The Labute approximate surface area is 286 Å². The normalized spacial score (nSPS) is 19.8. The first-order valence-corrected chi connectivity index (χ1v) is 17.7. The number of aromatic nitrogens is 5. The van der Waals surface area contributed by atoms with Crippen molar-refractivity contribution in [2.45, 2.75) is 90.2 Å². The molecule has 0 radical (unpaired) electrons. The van der Waals surface area contributed by atoms with Crippen molar-refractivity contribution in [1.82, 2.24) is 24.5 Å². The second kappa shape index (κ2) is 15.2. The van der Waals surface area contributed by atoms with Gasteiger partial charge in [-0.2, -0.15) is 0 Å². The number of aliphatic hydroxyl groups is 1. The summed E-state index contributed by atoms with van der Waals surface area (Å²) in [5, 5.41) is 10.3. The van der Waals surface area contributed by atoms with Crippen LogP contribution in [-0.2, 0) is 20.2 Å².